The van der Waals surface area contributed by atoms with Crippen LogP contribution in [0.1, 0.15) is 76.1 Å². The Hall–Kier alpha value is -6.55. The molecule has 4 N–H and O–H groups in total. The summed E-state index contributed by atoms with van der Waals surface area (Å²) in [5.74, 6) is 1.03. The van der Waals surface area contributed by atoms with Gasteiger partial charge in [-0.05, 0) is 86.1 Å². The van der Waals surface area contributed by atoms with Crippen molar-refractivity contribution >= 4 is 56.7 Å². The average Bonchev–Trinajstić information content (AvgIpc) is 4.16. The van der Waals surface area contributed by atoms with E-state index in [9.17, 15) is 19.2 Å². The van der Waals surface area contributed by atoms with Gasteiger partial charge in [0.25, 0.3) is 0 Å². The number of benzene rings is 3. The van der Waals surface area contributed by atoms with Gasteiger partial charge in [-0.3, -0.25) is 9.59 Å². The van der Waals surface area contributed by atoms with Crippen molar-refractivity contribution in [2.24, 2.45) is 11.8 Å². The number of H-pyrrole nitrogens is 2. The first-order valence-electron chi connectivity index (χ1n) is 21.9. The Morgan fingerprint density at radius 1 is 0.746 bits per heavy atom. The Labute approximate surface area is 364 Å². The molecule has 6 heterocycles. The summed E-state index contributed by atoms with van der Waals surface area (Å²) in [6.45, 7) is 6.09. The normalized spacial score (nSPS) is 19.2. The molecule has 4 unspecified atom stereocenters. The van der Waals surface area contributed by atoms with Gasteiger partial charge in [0.15, 0.2) is 0 Å². The van der Waals surface area contributed by atoms with Gasteiger partial charge < -0.3 is 44.6 Å². The number of aromatic nitrogens is 5. The Morgan fingerprint density at radius 3 is 2.17 bits per heavy atom. The van der Waals surface area contributed by atoms with Crippen LogP contribution in [0.15, 0.2) is 66.9 Å². The summed E-state index contributed by atoms with van der Waals surface area (Å²) in [5, 5.41) is 8.52. The minimum absolute atomic E-state index is 0.0354. The number of fused-ring (bicyclic) bond motifs is 4. The first-order valence-corrected chi connectivity index (χ1v) is 21.9. The van der Waals surface area contributed by atoms with Crippen LogP contribution < -0.4 is 10.6 Å². The van der Waals surface area contributed by atoms with Crippen LogP contribution in [0, 0.1) is 11.8 Å². The number of likely N-dealkylation sites (tertiary alicyclic amines) is 2. The standard InChI is InChI=1S/C47H53N9O7/c1-26(2)39(53-46(59)61-3)44(57)56-20-6-8-38(56)43-50-35-16-10-28-23-29(9-13-32(28)41(35)52-43)33-14-11-30-24-31(12-15-34(30)49-33)36-25-48-42(51-36)37-7-5-19-55(37)45(58)40(54-47(60)62-4)27-17-21-63-22-18-27/h9-16,23-27,37-40H,5-8,17-22H2,1-4H3,(H,48,51)(H,50,52)(H,53,59)(H,54,60). The summed E-state index contributed by atoms with van der Waals surface area (Å²) < 4.78 is 15.2. The van der Waals surface area contributed by atoms with E-state index in [0.29, 0.717) is 45.0 Å². The number of methoxy groups -OCH3 is 2. The third-order valence-electron chi connectivity index (χ3n) is 12.9. The van der Waals surface area contributed by atoms with Gasteiger partial charge in [0.1, 0.15) is 23.7 Å². The predicted octanol–water partition coefficient (Wildman–Crippen LogP) is 7.18. The molecule has 0 radical (unpaired) electrons. The van der Waals surface area contributed by atoms with E-state index in [-0.39, 0.29) is 35.7 Å². The number of amides is 4. The number of alkyl carbamates (subject to hydrolysis) is 2. The van der Waals surface area contributed by atoms with Gasteiger partial charge in [-0.2, -0.15) is 0 Å². The van der Waals surface area contributed by atoms with E-state index in [4.69, 9.17) is 29.2 Å². The zero-order valence-electron chi connectivity index (χ0n) is 36.0. The van der Waals surface area contributed by atoms with Gasteiger partial charge in [-0.15, -0.1) is 0 Å². The maximum atomic E-state index is 14.0. The van der Waals surface area contributed by atoms with Crippen LogP contribution in [0.25, 0.3) is 55.2 Å². The lowest BCUT2D eigenvalue weighted by Crippen LogP contribution is -2.53. The molecule has 3 aliphatic rings. The maximum absolute atomic E-state index is 14.0. The molecule has 3 aromatic carbocycles. The van der Waals surface area contributed by atoms with Crippen LogP contribution in [-0.4, -0.2) is 111 Å². The third kappa shape index (κ3) is 8.26. The molecule has 6 aromatic rings. The van der Waals surface area contributed by atoms with Gasteiger partial charge in [-0.1, -0.05) is 44.2 Å². The molecule has 3 aromatic heterocycles. The number of carbonyl (C=O) groups is 4. The highest BCUT2D eigenvalue weighted by Crippen LogP contribution is 2.37. The number of aromatic amines is 2. The highest BCUT2D eigenvalue weighted by atomic mass is 16.5. The van der Waals surface area contributed by atoms with Gasteiger partial charge in [0.2, 0.25) is 11.8 Å². The number of carbonyl (C=O) groups excluding carboxylic acids is 4. The molecule has 16 nitrogen and oxygen atoms in total. The van der Waals surface area contributed by atoms with Gasteiger partial charge in [0, 0.05) is 48.2 Å². The molecule has 3 fully saturated rings. The first-order chi connectivity index (χ1) is 30.6. The van der Waals surface area contributed by atoms with E-state index in [1.54, 1.807) is 0 Å². The molecule has 4 amide bonds. The fraction of sp³-hybridized carbons (Fsp3) is 0.426. The Balaban J connectivity index is 0.916. The highest BCUT2D eigenvalue weighted by molar-refractivity contribution is 6.05. The van der Waals surface area contributed by atoms with Crippen LogP contribution in [0.5, 0.6) is 0 Å². The van der Waals surface area contributed by atoms with Crippen LogP contribution >= 0.6 is 0 Å². The summed E-state index contributed by atoms with van der Waals surface area (Å²) in [6, 6.07) is 18.7. The molecule has 0 spiro atoms. The second kappa shape index (κ2) is 17.7. The number of pyridine rings is 1. The number of hydrogen-bond acceptors (Lipinski definition) is 10. The number of ether oxygens (including phenoxy) is 3. The van der Waals surface area contributed by atoms with Crippen molar-refractivity contribution in [1.29, 1.82) is 0 Å². The molecule has 9 rings (SSSR count). The smallest absolute Gasteiger partial charge is 0.407 e. The second-order valence-electron chi connectivity index (χ2n) is 17.1. The lowest BCUT2D eigenvalue weighted by molar-refractivity contribution is -0.137. The second-order valence-corrected chi connectivity index (χ2v) is 17.1. The lowest BCUT2D eigenvalue weighted by atomic mass is 9.90. The van der Waals surface area contributed by atoms with E-state index < -0.39 is 24.3 Å². The third-order valence-corrected chi connectivity index (χ3v) is 12.9. The molecule has 63 heavy (non-hydrogen) atoms. The van der Waals surface area contributed by atoms with Gasteiger partial charge in [0.05, 0.1) is 60.4 Å². The molecule has 328 valence electrons. The summed E-state index contributed by atoms with van der Waals surface area (Å²) >= 11 is 0. The molecule has 0 aliphatic carbocycles. The predicted molar refractivity (Wildman–Crippen MR) is 236 cm³/mol. The SMILES string of the molecule is COC(=O)NC(C(=O)N1CCCC1c1nc2c(ccc3cc(-c4ccc5cc(-c6cnc(C7CCCN7C(=O)C(NC(=O)OC)C7CCOCC7)[nH]6)ccc5n4)ccc32)[nH]1)C(C)C. The highest BCUT2D eigenvalue weighted by Gasteiger charge is 2.41. The molecular formula is C47H53N9O7. The minimum atomic E-state index is -0.702. The summed E-state index contributed by atoms with van der Waals surface area (Å²) in [4.78, 5) is 77.6. The Bertz CT molecular complexity index is 2690. The Morgan fingerprint density at radius 2 is 1.43 bits per heavy atom. The molecule has 16 heteroatoms. The average molecular weight is 856 g/mol. The molecule has 0 saturated carbocycles. The summed E-state index contributed by atoms with van der Waals surface area (Å²) in [7, 11) is 2.60. The van der Waals surface area contributed by atoms with E-state index in [0.717, 1.165) is 86.7 Å². The molecular weight excluding hydrogens is 803 g/mol. The van der Waals surface area contributed by atoms with E-state index in [1.807, 2.05) is 54.1 Å². The Kier molecular flexibility index (Phi) is 11.7. The van der Waals surface area contributed by atoms with Crippen LogP contribution in [0.4, 0.5) is 9.59 Å². The molecule has 4 atom stereocenters. The van der Waals surface area contributed by atoms with Crippen LogP contribution in [-0.2, 0) is 23.8 Å². The van der Waals surface area contributed by atoms with Crippen LogP contribution in [0.3, 0.4) is 0 Å². The number of rotatable bonds is 10. The monoisotopic (exact) mass is 855 g/mol. The number of nitrogens with one attached hydrogen (secondary N) is 4. The van der Waals surface area contributed by atoms with Crippen molar-refractivity contribution in [1.82, 2.24) is 45.4 Å². The van der Waals surface area contributed by atoms with Crippen molar-refractivity contribution in [2.45, 2.75) is 76.5 Å². The maximum Gasteiger partial charge on any atom is 0.407 e. The van der Waals surface area contributed by atoms with Crippen molar-refractivity contribution in [2.75, 3.05) is 40.5 Å². The lowest BCUT2D eigenvalue weighted by Gasteiger charge is -2.34. The minimum Gasteiger partial charge on any atom is -0.453 e. The zero-order valence-corrected chi connectivity index (χ0v) is 36.0. The zero-order chi connectivity index (χ0) is 43.8. The van der Waals surface area contributed by atoms with Gasteiger partial charge >= 0.3 is 12.2 Å². The van der Waals surface area contributed by atoms with Crippen LogP contribution in [0.2, 0.25) is 0 Å². The van der Waals surface area contributed by atoms with Crippen molar-refractivity contribution in [3.05, 3.63) is 78.5 Å². The van der Waals surface area contributed by atoms with E-state index >= 15 is 0 Å². The van der Waals surface area contributed by atoms with E-state index in [2.05, 4.69) is 57.0 Å². The van der Waals surface area contributed by atoms with E-state index in [1.165, 1.54) is 14.2 Å². The van der Waals surface area contributed by atoms with Gasteiger partial charge in [-0.25, -0.2) is 24.5 Å². The topological polar surface area (TPSA) is 197 Å². The van der Waals surface area contributed by atoms with Crippen molar-refractivity contribution < 1.29 is 33.4 Å². The fourth-order valence-corrected chi connectivity index (χ4v) is 9.55. The number of imidazole rings is 2. The van der Waals surface area contributed by atoms with Crippen molar-refractivity contribution in [3.8, 4) is 22.5 Å². The molecule has 3 saturated heterocycles. The molecule has 3 aliphatic heterocycles. The number of hydrogen-bond donors (Lipinski definition) is 4. The fourth-order valence-electron chi connectivity index (χ4n) is 9.55. The summed E-state index contributed by atoms with van der Waals surface area (Å²) in [6.07, 6.45) is 5.16. The first kappa shape index (κ1) is 41.8. The quantitative estimate of drug-likeness (QED) is 0.110. The largest absolute Gasteiger partial charge is 0.453 e. The van der Waals surface area contributed by atoms with Crippen molar-refractivity contribution in [3.63, 3.8) is 0 Å². The number of nitrogens with zero attached hydrogens (tertiary/aromatic N) is 5. The summed E-state index contributed by atoms with van der Waals surface area (Å²) in [5.41, 5.74) is 6.20. The molecule has 0 bridgehead atoms.